The molecule has 2 heterocycles. The molecule has 1 aromatic heterocycles. The Bertz CT molecular complexity index is 742. The number of piperazine rings is 1. The molecular formula is C18H22N6O2. The average molecular weight is 354 g/mol. The van der Waals surface area contributed by atoms with Crippen molar-refractivity contribution in [1.82, 2.24) is 20.2 Å². The van der Waals surface area contributed by atoms with E-state index in [-0.39, 0.29) is 11.8 Å². The number of anilines is 2. The lowest BCUT2D eigenvalue weighted by molar-refractivity contribution is -0.117. The fourth-order valence-corrected chi connectivity index (χ4v) is 2.81. The van der Waals surface area contributed by atoms with Gasteiger partial charge < -0.3 is 15.5 Å². The second-order valence-corrected chi connectivity index (χ2v) is 6.02. The molecule has 0 aliphatic carbocycles. The molecule has 1 aromatic carbocycles. The van der Waals surface area contributed by atoms with Crippen LogP contribution >= 0.6 is 0 Å². The van der Waals surface area contributed by atoms with Gasteiger partial charge in [-0.25, -0.2) is 9.97 Å². The molecule has 2 N–H and O–H groups in total. The highest BCUT2D eigenvalue weighted by atomic mass is 16.2. The van der Waals surface area contributed by atoms with Crippen molar-refractivity contribution in [2.24, 2.45) is 0 Å². The van der Waals surface area contributed by atoms with Crippen LogP contribution in [0.25, 0.3) is 0 Å². The Labute approximate surface area is 152 Å². The Morgan fingerprint density at radius 3 is 2.31 bits per heavy atom. The van der Waals surface area contributed by atoms with Crippen LogP contribution in [0.2, 0.25) is 0 Å². The van der Waals surface area contributed by atoms with Crippen molar-refractivity contribution in [2.75, 3.05) is 50.0 Å². The van der Waals surface area contributed by atoms with Gasteiger partial charge in [-0.3, -0.25) is 14.5 Å². The van der Waals surface area contributed by atoms with E-state index in [9.17, 15) is 9.59 Å². The summed E-state index contributed by atoms with van der Waals surface area (Å²) >= 11 is 0. The van der Waals surface area contributed by atoms with E-state index in [4.69, 9.17) is 0 Å². The molecule has 1 saturated heterocycles. The molecule has 0 radical (unpaired) electrons. The fourth-order valence-electron chi connectivity index (χ4n) is 2.81. The lowest BCUT2D eigenvalue weighted by Gasteiger charge is -2.34. The van der Waals surface area contributed by atoms with Gasteiger partial charge in [0.15, 0.2) is 0 Å². The van der Waals surface area contributed by atoms with Crippen LogP contribution in [0.4, 0.5) is 11.6 Å². The van der Waals surface area contributed by atoms with Gasteiger partial charge in [0.1, 0.15) is 0 Å². The molecule has 0 saturated carbocycles. The first-order chi connectivity index (χ1) is 12.7. The second-order valence-electron chi connectivity index (χ2n) is 6.02. The predicted molar refractivity (Wildman–Crippen MR) is 99.1 cm³/mol. The van der Waals surface area contributed by atoms with E-state index in [1.54, 1.807) is 49.8 Å². The summed E-state index contributed by atoms with van der Waals surface area (Å²) in [5.74, 6) is 0.512. The van der Waals surface area contributed by atoms with Gasteiger partial charge in [-0.2, -0.15) is 0 Å². The maximum absolute atomic E-state index is 12.2. The normalized spacial score (nSPS) is 14.7. The van der Waals surface area contributed by atoms with Gasteiger partial charge in [-0.05, 0) is 30.3 Å². The minimum atomic E-state index is -0.150. The van der Waals surface area contributed by atoms with E-state index < -0.39 is 0 Å². The van der Waals surface area contributed by atoms with E-state index in [1.807, 2.05) is 0 Å². The minimum absolute atomic E-state index is 0.0675. The van der Waals surface area contributed by atoms with Crippen molar-refractivity contribution in [3.63, 3.8) is 0 Å². The van der Waals surface area contributed by atoms with Gasteiger partial charge in [-0.15, -0.1) is 0 Å². The predicted octanol–water partition coefficient (Wildman–Crippen LogP) is 0.597. The third kappa shape index (κ3) is 4.54. The van der Waals surface area contributed by atoms with E-state index in [0.717, 1.165) is 32.1 Å². The summed E-state index contributed by atoms with van der Waals surface area (Å²) in [6.45, 7) is 3.47. The first-order valence-corrected chi connectivity index (χ1v) is 8.52. The van der Waals surface area contributed by atoms with Crippen molar-refractivity contribution in [3.8, 4) is 0 Å². The van der Waals surface area contributed by atoms with Crippen molar-refractivity contribution in [1.29, 1.82) is 0 Å². The Morgan fingerprint density at radius 1 is 1.04 bits per heavy atom. The SMILES string of the molecule is CNC(=O)c1ccc(NC(=O)CN2CCN(c3ncccn3)CC2)cc1. The highest BCUT2D eigenvalue weighted by molar-refractivity contribution is 5.96. The average Bonchev–Trinajstić information content (AvgIpc) is 2.69. The first-order valence-electron chi connectivity index (χ1n) is 8.52. The number of nitrogens with zero attached hydrogens (tertiary/aromatic N) is 4. The summed E-state index contributed by atoms with van der Waals surface area (Å²) < 4.78 is 0. The van der Waals surface area contributed by atoms with Gasteiger partial charge in [-0.1, -0.05) is 0 Å². The summed E-state index contributed by atoms with van der Waals surface area (Å²) in [7, 11) is 1.59. The molecule has 8 heteroatoms. The fraction of sp³-hybridized carbons (Fsp3) is 0.333. The second kappa shape index (κ2) is 8.39. The third-order valence-corrected chi connectivity index (χ3v) is 4.23. The summed E-state index contributed by atoms with van der Waals surface area (Å²) in [5, 5.41) is 5.43. The number of hydrogen-bond acceptors (Lipinski definition) is 6. The van der Waals surface area contributed by atoms with Crippen molar-refractivity contribution in [3.05, 3.63) is 48.3 Å². The molecule has 3 rings (SSSR count). The van der Waals surface area contributed by atoms with Crippen LogP contribution in [0, 0.1) is 0 Å². The Morgan fingerprint density at radius 2 is 1.69 bits per heavy atom. The van der Waals surface area contributed by atoms with Gasteiger partial charge in [0.05, 0.1) is 6.54 Å². The van der Waals surface area contributed by atoms with Gasteiger partial charge in [0.25, 0.3) is 5.91 Å². The first kappa shape index (κ1) is 17.8. The zero-order valence-electron chi connectivity index (χ0n) is 14.7. The number of amides is 2. The minimum Gasteiger partial charge on any atom is -0.355 e. The number of nitrogens with one attached hydrogen (secondary N) is 2. The molecular weight excluding hydrogens is 332 g/mol. The summed E-state index contributed by atoms with van der Waals surface area (Å²) in [6, 6.07) is 8.63. The smallest absolute Gasteiger partial charge is 0.251 e. The monoisotopic (exact) mass is 354 g/mol. The largest absolute Gasteiger partial charge is 0.355 e. The number of aromatic nitrogens is 2. The third-order valence-electron chi connectivity index (χ3n) is 4.23. The molecule has 1 aliphatic heterocycles. The standard InChI is InChI=1S/C18H22N6O2/c1-19-17(26)14-3-5-15(6-4-14)22-16(25)13-23-9-11-24(12-10-23)18-20-7-2-8-21-18/h2-8H,9-13H2,1H3,(H,19,26)(H,22,25). The topological polar surface area (TPSA) is 90.5 Å². The highest BCUT2D eigenvalue weighted by Crippen LogP contribution is 2.11. The van der Waals surface area contributed by atoms with Crippen LogP contribution in [0.15, 0.2) is 42.7 Å². The molecule has 0 atom stereocenters. The zero-order chi connectivity index (χ0) is 18.4. The summed E-state index contributed by atoms with van der Waals surface area (Å²) in [5.41, 5.74) is 1.24. The van der Waals surface area contributed by atoms with Crippen LogP contribution in [0.3, 0.4) is 0 Å². The van der Waals surface area contributed by atoms with Crippen molar-refractivity contribution in [2.45, 2.75) is 0 Å². The Kier molecular flexibility index (Phi) is 5.75. The van der Waals surface area contributed by atoms with Crippen molar-refractivity contribution >= 4 is 23.5 Å². The van der Waals surface area contributed by atoms with Crippen LogP contribution in [0.1, 0.15) is 10.4 Å². The highest BCUT2D eigenvalue weighted by Gasteiger charge is 2.20. The van der Waals surface area contributed by atoms with E-state index in [0.29, 0.717) is 17.8 Å². The van der Waals surface area contributed by atoms with E-state index in [2.05, 4.69) is 30.4 Å². The number of rotatable bonds is 5. The molecule has 0 unspecified atom stereocenters. The molecule has 1 aliphatic rings. The van der Waals surface area contributed by atoms with Crippen LogP contribution in [-0.2, 0) is 4.79 Å². The lowest BCUT2D eigenvalue weighted by Crippen LogP contribution is -2.49. The van der Waals surface area contributed by atoms with Gasteiger partial charge in [0.2, 0.25) is 11.9 Å². The van der Waals surface area contributed by atoms with E-state index in [1.165, 1.54) is 0 Å². The van der Waals surface area contributed by atoms with E-state index >= 15 is 0 Å². The quantitative estimate of drug-likeness (QED) is 0.817. The zero-order valence-corrected chi connectivity index (χ0v) is 14.7. The van der Waals surface area contributed by atoms with Crippen molar-refractivity contribution < 1.29 is 9.59 Å². The molecule has 0 bridgehead atoms. The van der Waals surface area contributed by atoms with Crippen LogP contribution in [-0.4, -0.2) is 66.5 Å². The molecule has 8 nitrogen and oxygen atoms in total. The number of benzene rings is 1. The summed E-state index contributed by atoms with van der Waals surface area (Å²) in [6.07, 6.45) is 3.47. The molecule has 1 fully saturated rings. The maximum atomic E-state index is 12.2. The molecule has 2 amide bonds. The van der Waals surface area contributed by atoms with Crippen LogP contribution in [0.5, 0.6) is 0 Å². The Balaban J connectivity index is 1.46. The summed E-state index contributed by atoms with van der Waals surface area (Å²) in [4.78, 5) is 36.5. The molecule has 136 valence electrons. The molecule has 2 aromatic rings. The lowest BCUT2D eigenvalue weighted by atomic mass is 10.2. The van der Waals surface area contributed by atoms with Gasteiger partial charge >= 0.3 is 0 Å². The van der Waals surface area contributed by atoms with Gasteiger partial charge in [0, 0.05) is 56.9 Å². The number of carbonyl (C=O) groups is 2. The maximum Gasteiger partial charge on any atom is 0.251 e. The Hall–Kier alpha value is -3.00. The van der Waals surface area contributed by atoms with Crippen LogP contribution < -0.4 is 15.5 Å². The number of carbonyl (C=O) groups excluding carboxylic acids is 2. The molecule has 26 heavy (non-hydrogen) atoms. The number of hydrogen-bond donors (Lipinski definition) is 2. The molecule has 0 spiro atoms.